The molecule has 5 nitrogen and oxygen atoms in total. The second-order valence-electron chi connectivity index (χ2n) is 6.37. The molecule has 2 rings (SSSR count). The van der Waals surface area contributed by atoms with Gasteiger partial charge in [0.2, 0.25) is 5.91 Å². The molecule has 22 heavy (non-hydrogen) atoms. The Morgan fingerprint density at radius 1 is 1.32 bits per heavy atom. The van der Waals surface area contributed by atoms with Crippen molar-refractivity contribution in [1.29, 1.82) is 0 Å². The number of likely N-dealkylation sites (tertiary alicyclic amines) is 1. The van der Waals surface area contributed by atoms with Gasteiger partial charge in [0.1, 0.15) is 6.04 Å². The van der Waals surface area contributed by atoms with Gasteiger partial charge in [0.25, 0.3) is 5.91 Å². The molecule has 0 spiro atoms. The molecule has 1 atom stereocenters. The largest absolute Gasteiger partial charge is 0.389 e. The zero-order valence-electron chi connectivity index (χ0n) is 13.4. The first kappa shape index (κ1) is 16.5. The predicted octanol–water partition coefficient (Wildman–Crippen LogP) is 1.34. The third kappa shape index (κ3) is 3.85. The Labute approximate surface area is 131 Å². The lowest BCUT2D eigenvalue weighted by Crippen LogP contribution is -2.59. The highest BCUT2D eigenvalue weighted by atomic mass is 16.3. The second kappa shape index (κ2) is 6.92. The molecule has 1 fully saturated rings. The van der Waals surface area contributed by atoms with Crippen LogP contribution in [0, 0.1) is 12.8 Å². The summed E-state index contributed by atoms with van der Waals surface area (Å²) in [5.74, 6) is -0.0450. The minimum absolute atomic E-state index is 0.110. The van der Waals surface area contributed by atoms with Crippen LogP contribution >= 0.6 is 0 Å². The molecular formula is C17H24N2O3. The molecule has 120 valence electrons. The zero-order valence-corrected chi connectivity index (χ0v) is 13.4. The van der Waals surface area contributed by atoms with Gasteiger partial charge < -0.3 is 15.3 Å². The van der Waals surface area contributed by atoms with Crippen molar-refractivity contribution in [3.63, 3.8) is 0 Å². The van der Waals surface area contributed by atoms with Gasteiger partial charge >= 0.3 is 0 Å². The monoisotopic (exact) mass is 304 g/mol. The molecule has 1 aromatic rings. The average Bonchev–Trinajstić information content (AvgIpc) is 2.42. The Morgan fingerprint density at radius 2 is 1.95 bits per heavy atom. The Hall–Kier alpha value is -1.88. The van der Waals surface area contributed by atoms with E-state index in [-0.39, 0.29) is 17.7 Å². The summed E-state index contributed by atoms with van der Waals surface area (Å²) >= 11 is 0. The lowest BCUT2D eigenvalue weighted by Gasteiger charge is -2.38. The van der Waals surface area contributed by atoms with Crippen LogP contribution < -0.4 is 5.32 Å². The summed E-state index contributed by atoms with van der Waals surface area (Å²) in [5.41, 5.74) is 1.47. The highest BCUT2D eigenvalue weighted by Gasteiger charge is 2.34. The van der Waals surface area contributed by atoms with Crippen LogP contribution in [0.15, 0.2) is 24.3 Å². The molecule has 2 amide bonds. The standard InChI is InChI=1S/C17H24N2O3/c1-11(2)8-15(17(22)19-9-13(20)10-19)18-16(21)14-7-5-4-6-12(14)3/h4-7,11,13,15,20H,8-10H2,1-3H3,(H,18,21). The molecule has 0 aromatic heterocycles. The predicted molar refractivity (Wildman–Crippen MR) is 84.5 cm³/mol. The molecule has 0 bridgehead atoms. The number of nitrogens with zero attached hydrogens (tertiary/aromatic N) is 1. The Morgan fingerprint density at radius 3 is 2.50 bits per heavy atom. The van der Waals surface area contributed by atoms with Gasteiger partial charge in [-0.3, -0.25) is 9.59 Å². The van der Waals surface area contributed by atoms with Crippen LogP contribution in [0.25, 0.3) is 0 Å². The molecule has 2 N–H and O–H groups in total. The number of carbonyl (C=O) groups excluding carboxylic acids is 2. The number of aliphatic hydroxyl groups is 1. The van der Waals surface area contributed by atoms with Gasteiger partial charge in [0.05, 0.1) is 6.10 Å². The first-order valence-electron chi connectivity index (χ1n) is 7.71. The number of benzene rings is 1. The summed E-state index contributed by atoms with van der Waals surface area (Å²) in [6.45, 7) is 6.62. The fourth-order valence-electron chi connectivity index (χ4n) is 2.61. The number of aliphatic hydroxyl groups excluding tert-OH is 1. The van der Waals surface area contributed by atoms with E-state index in [4.69, 9.17) is 0 Å². The van der Waals surface area contributed by atoms with Crippen LogP contribution in [0.4, 0.5) is 0 Å². The van der Waals surface area contributed by atoms with Crippen LogP contribution in [0.1, 0.15) is 36.2 Å². The van der Waals surface area contributed by atoms with Crippen molar-refractivity contribution in [1.82, 2.24) is 10.2 Å². The highest BCUT2D eigenvalue weighted by molar-refractivity contribution is 5.98. The summed E-state index contributed by atoms with van der Waals surface area (Å²) in [6.07, 6.45) is 0.152. The van der Waals surface area contributed by atoms with E-state index < -0.39 is 12.1 Å². The van der Waals surface area contributed by atoms with Gasteiger partial charge in [-0.05, 0) is 30.9 Å². The zero-order chi connectivity index (χ0) is 16.3. The smallest absolute Gasteiger partial charge is 0.252 e. The Kier molecular flexibility index (Phi) is 5.19. The summed E-state index contributed by atoms with van der Waals surface area (Å²) in [6, 6.07) is 6.78. The minimum Gasteiger partial charge on any atom is -0.389 e. The number of aryl methyl sites for hydroxylation is 1. The number of β-amino-alcohol motifs (C(OH)–C–C–N with tert-alkyl or cyclic N) is 1. The maximum atomic E-state index is 12.5. The summed E-state index contributed by atoms with van der Waals surface area (Å²) in [5, 5.41) is 12.2. The number of hydrogen-bond acceptors (Lipinski definition) is 3. The average molecular weight is 304 g/mol. The maximum absolute atomic E-state index is 12.5. The van der Waals surface area contributed by atoms with Crippen LogP contribution in [0.2, 0.25) is 0 Å². The van der Waals surface area contributed by atoms with E-state index in [0.29, 0.717) is 25.1 Å². The van der Waals surface area contributed by atoms with Crippen LogP contribution in [-0.4, -0.2) is 47.1 Å². The van der Waals surface area contributed by atoms with Crippen molar-refractivity contribution in [2.24, 2.45) is 5.92 Å². The first-order chi connectivity index (χ1) is 10.4. The molecule has 1 aliphatic heterocycles. The summed E-state index contributed by atoms with van der Waals surface area (Å²) in [4.78, 5) is 26.5. The molecule has 1 heterocycles. The molecule has 5 heteroatoms. The van der Waals surface area contributed by atoms with Gasteiger partial charge in [-0.25, -0.2) is 0 Å². The van der Waals surface area contributed by atoms with E-state index in [9.17, 15) is 14.7 Å². The third-order valence-corrected chi connectivity index (χ3v) is 3.87. The van der Waals surface area contributed by atoms with Crippen LogP contribution in [0.3, 0.4) is 0 Å². The second-order valence-corrected chi connectivity index (χ2v) is 6.37. The van der Waals surface area contributed by atoms with Gasteiger partial charge in [-0.2, -0.15) is 0 Å². The van der Waals surface area contributed by atoms with Crippen molar-refractivity contribution in [3.8, 4) is 0 Å². The molecule has 0 radical (unpaired) electrons. The fraction of sp³-hybridized carbons (Fsp3) is 0.529. The lowest BCUT2D eigenvalue weighted by atomic mass is 9.99. The number of carbonyl (C=O) groups is 2. The molecule has 1 aromatic carbocycles. The fourth-order valence-corrected chi connectivity index (χ4v) is 2.61. The highest BCUT2D eigenvalue weighted by Crippen LogP contribution is 2.15. The third-order valence-electron chi connectivity index (χ3n) is 3.87. The van der Waals surface area contributed by atoms with E-state index in [0.717, 1.165) is 5.56 Å². The first-order valence-corrected chi connectivity index (χ1v) is 7.71. The van der Waals surface area contributed by atoms with Gasteiger partial charge in [-0.15, -0.1) is 0 Å². The van der Waals surface area contributed by atoms with Gasteiger partial charge in [0, 0.05) is 18.7 Å². The molecular weight excluding hydrogens is 280 g/mol. The number of hydrogen-bond donors (Lipinski definition) is 2. The number of nitrogens with one attached hydrogen (secondary N) is 1. The molecule has 0 aliphatic carbocycles. The SMILES string of the molecule is Cc1ccccc1C(=O)NC(CC(C)C)C(=O)N1CC(O)C1. The van der Waals surface area contributed by atoms with Gasteiger partial charge in [0.15, 0.2) is 0 Å². The van der Waals surface area contributed by atoms with E-state index in [1.807, 2.05) is 39.0 Å². The quantitative estimate of drug-likeness (QED) is 0.862. The van der Waals surface area contributed by atoms with Crippen molar-refractivity contribution in [2.75, 3.05) is 13.1 Å². The van der Waals surface area contributed by atoms with E-state index >= 15 is 0 Å². The van der Waals surface area contributed by atoms with Crippen molar-refractivity contribution >= 4 is 11.8 Å². The van der Waals surface area contributed by atoms with Crippen LogP contribution in [-0.2, 0) is 4.79 Å². The number of rotatable bonds is 5. The van der Waals surface area contributed by atoms with Crippen molar-refractivity contribution < 1.29 is 14.7 Å². The molecule has 1 aliphatic rings. The van der Waals surface area contributed by atoms with Crippen LogP contribution in [0.5, 0.6) is 0 Å². The van der Waals surface area contributed by atoms with E-state index in [1.54, 1.807) is 11.0 Å². The molecule has 0 saturated carbocycles. The molecule has 1 unspecified atom stereocenters. The van der Waals surface area contributed by atoms with Crippen molar-refractivity contribution in [3.05, 3.63) is 35.4 Å². The normalized spacial score (nSPS) is 16.3. The van der Waals surface area contributed by atoms with Gasteiger partial charge in [-0.1, -0.05) is 32.0 Å². The Bertz CT molecular complexity index is 551. The van der Waals surface area contributed by atoms with Crippen molar-refractivity contribution in [2.45, 2.75) is 39.3 Å². The molecule has 1 saturated heterocycles. The summed E-state index contributed by atoms with van der Waals surface area (Å²) in [7, 11) is 0. The number of amides is 2. The minimum atomic E-state index is -0.542. The van der Waals surface area contributed by atoms with E-state index in [2.05, 4.69) is 5.32 Å². The van der Waals surface area contributed by atoms with E-state index in [1.165, 1.54) is 0 Å². The lowest BCUT2D eigenvalue weighted by molar-refractivity contribution is -0.143. The summed E-state index contributed by atoms with van der Waals surface area (Å²) < 4.78 is 0. The topological polar surface area (TPSA) is 69.6 Å². The Balaban J connectivity index is 2.08. The maximum Gasteiger partial charge on any atom is 0.252 e.